The Kier molecular flexibility index (Phi) is 3.39. The van der Waals surface area contributed by atoms with Crippen molar-refractivity contribution in [1.29, 1.82) is 0 Å². The Hall–Kier alpha value is -2.34. The average molecular weight is 288 g/mol. The molecule has 1 aromatic heterocycles. The second-order valence-electron chi connectivity index (χ2n) is 5.20. The molecule has 3 rings (SSSR count). The lowest BCUT2D eigenvalue weighted by Crippen LogP contribution is -2.41. The fourth-order valence-corrected chi connectivity index (χ4v) is 2.74. The topological polar surface area (TPSA) is 82.9 Å². The number of aromatic nitrogens is 1. The summed E-state index contributed by atoms with van der Waals surface area (Å²) in [4.78, 5) is 17.5. The van der Waals surface area contributed by atoms with Crippen molar-refractivity contribution >= 4 is 22.6 Å². The van der Waals surface area contributed by atoms with Crippen LogP contribution in [0.2, 0.25) is 0 Å². The third-order valence-corrected chi connectivity index (χ3v) is 3.93. The molecule has 0 bridgehead atoms. The second-order valence-corrected chi connectivity index (χ2v) is 5.20. The molecule has 2 heterocycles. The van der Waals surface area contributed by atoms with Crippen LogP contribution in [0.1, 0.15) is 0 Å². The number of hydrogen-bond acceptors (Lipinski definition) is 5. The number of anilines is 1. The first-order chi connectivity index (χ1) is 10.1. The van der Waals surface area contributed by atoms with Crippen molar-refractivity contribution in [3.63, 3.8) is 0 Å². The number of carbonyl (C=O) groups is 1. The minimum atomic E-state index is -0.868. The first-order valence-corrected chi connectivity index (χ1v) is 6.69. The van der Waals surface area contributed by atoms with E-state index in [4.69, 9.17) is 4.74 Å². The van der Waals surface area contributed by atoms with Crippen LogP contribution in [0.4, 0.5) is 5.82 Å². The van der Waals surface area contributed by atoms with Crippen LogP contribution in [0.5, 0.6) is 5.75 Å². The Balaban J connectivity index is 2.03. The van der Waals surface area contributed by atoms with Gasteiger partial charge in [0, 0.05) is 18.6 Å². The van der Waals surface area contributed by atoms with Gasteiger partial charge in [0.15, 0.2) is 0 Å². The summed E-state index contributed by atoms with van der Waals surface area (Å²) < 4.78 is 5.31. The number of aromatic hydroxyl groups is 1. The van der Waals surface area contributed by atoms with Crippen LogP contribution in [0.15, 0.2) is 30.5 Å². The number of aliphatic carboxylic acids is 1. The molecule has 0 saturated carbocycles. The monoisotopic (exact) mass is 288 g/mol. The molecule has 0 amide bonds. The number of pyridine rings is 1. The molecule has 1 aliphatic rings. The molecule has 2 N–H and O–H groups in total. The van der Waals surface area contributed by atoms with Crippen molar-refractivity contribution in [2.75, 3.05) is 25.2 Å². The number of nitrogens with zero attached hydrogens (tertiary/aromatic N) is 2. The number of fused-ring (bicyclic) bond motifs is 1. The zero-order valence-corrected chi connectivity index (χ0v) is 11.6. The second kappa shape index (κ2) is 5.21. The van der Waals surface area contributed by atoms with E-state index in [1.54, 1.807) is 25.4 Å². The van der Waals surface area contributed by atoms with E-state index in [0.717, 1.165) is 10.8 Å². The van der Waals surface area contributed by atoms with E-state index < -0.39 is 11.9 Å². The minimum Gasteiger partial charge on any atom is -0.508 e. The van der Waals surface area contributed by atoms with Gasteiger partial charge in [0.1, 0.15) is 17.5 Å². The van der Waals surface area contributed by atoms with Gasteiger partial charge in [-0.2, -0.15) is 0 Å². The quantitative estimate of drug-likeness (QED) is 0.890. The Morgan fingerprint density at radius 1 is 1.38 bits per heavy atom. The highest BCUT2D eigenvalue weighted by Gasteiger charge is 2.37. The fraction of sp³-hybridized carbons (Fsp3) is 0.333. The van der Waals surface area contributed by atoms with Crippen molar-refractivity contribution in [3.05, 3.63) is 30.5 Å². The molecule has 0 aliphatic carbocycles. The molecule has 1 fully saturated rings. The highest BCUT2D eigenvalue weighted by atomic mass is 16.5. The molecule has 1 aliphatic heterocycles. The Labute approximate surface area is 121 Å². The minimum absolute atomic E-state index is 0.155. The maximum atomic E-state index is 11.3. The number of carboxylic acid groups (broad SMARTS) is 1. The lowest BCUT2D eigenvalue weighted by Gasteiger charge is -2.28. The number of phenols is 1. The van der Waals surface area contributed by atoms with Crippen LogP contribution in [0.25, 0.3) is 10.8 Å². The summed E-state index contributed by atoms with van der Waals surface area (Å²) in [6.07, 6.45) is 1.68. The third kappa shape index (κ3) is 2.38. The van der Waals surface area contributed by atoms with Gasteiger partial charge in [-0.3, -0.25) is 4.79 Å². The smallest absolute Gasteiger partial charge is 0.311 e. The number of carboxylic acids is 1. The van der Waals surface area contributed by atoms with Crippen LogP contribution in [-0.4, -0.2) is 47.5 Å². The highest BCUT2D eigenvalue weighted by molar-refractivity contribution is 5.93. The van der Waals surface area contributed by atoms with E-state index in [1.807, 2.05) is 17.0 Å². The first-order valence-electron chi connectivity index (χ1n) is 6.69. The normalized spacial score (nSPS) is 21.6. The summed E-state index contributed by atoms with van der Waals surface area (Å²) in [7, 11) is 1.81. The van der Waals surface area contributed by atoms with Crippen molar-refractivity contribution in [2.45, 2.75) is 6.04 Å². The molecule has 2 unspecified atom stereocenters. The number of benzene rings is 1. The average Bonchev–Trinajstić information content (AvgIpc) is 2.95. The van der Waals surface area contributed by atoms with E-state index in [2.05, 4.69) is 4.98 Å². The van der Waals surface area contributed by atoms with Gasteiger partial charge in [0.05, 0.1) is 19.3 Å². The van der Waals surface area contributed by atoms with Gasteiger partial charge in [0.25, 0.3) is 0 Å². The zero-order valence-electron chi connectivity index (χ0n) is 11.6. The lowest BCUT2D eigenvalue weighted by molar-refractivity contribution is -0.141. The van der Waals surface area contributed by atoms with Crippen molar-refractivity contribution < 1.29 is 19.7 Å². The maximum absolute atomic E-state index is 11.3. The summed E-state index contributed by atoms with van der Waals surface area (Å²) in [5, 5.41) is 20.7. The van der Waals surface area contributed by atoms with E-state index in [-0.39, 0.29) is 18.4 Å². The first kappa shape index (κ1) is 13.6. The highest BCUT2D eigenvalue weighted by Crippen LogP contribution is 2.30. The molecule has 110 valence electrons. The van der Waals surface area contributed by atoms with E-state index in [9.17, 15) is 15.0 Å². The maximum Gasteiger partial charge on any atom is 0.311 e. The standard InChI is InChI=1S/C15H16N2O4/c1-17(13-8-21-7-12(13)15(19)20)14-11-6-10(18)3-2-9(11)4-5-16-14/h2-6,12-13,18H,7-8H2,1H3,(H,19,20). The number of hydrogen-bond donors (Lipinski definition) is 2. The van der Waals surface area contributed by atoms with Gasteiger partial charge in [-0.15, -0.1) is 0 Å². The molecule has 0 radical (unpaired) electrons. The Morgan fingerprint density at radius 2 is 2.19 bits per heavy atom. The summed E-state index contributed by atoms with van der Waals surface area (Å²) in [6.45, 7) is 0.560. The molecule has 1 saturated heterocycles. The summed E-state index contributed by atoms with van der Waals surface area (Å²) in [5.41, 5.74) is 0. The number of rotatable bonds is 3. The number of likely N-dealkylation sites (N-methyl/N-ethyl adjacent to an activating group) is 1. The molecule has 6 nitrogen and oxygen atoms in total. The molecular formula is C15H16N2O4. The number of phenolic OH excluding ortho intramolecular Hbond substituents is 1. The lowest BCUT2D eigenvalue weighted by atomic mass is 10.0. The van der Waals surface area contributed by atoms with Crippen molar-refractivity contribution in [2.24, 2.45) is 5.92 Å². The van der Waals surface area contributed by atoms with Crippen LogP contribution in [-0.2, 0) is 9.53 Å². The predicted molar refractivity (Wildman–Crippen MR) is 77.5 cm³/mol. The van der Waals surface area contributed by atoms with Gasteiger partial charge < -0.3 is 19.8 Å². The molecular weight excluding hydrogens is 272 g/mol. The van der Waals surface area contributed by atoms with Crippen LogP contribution in [0, 0.1) is 5.92 Å². The SMILES string of the molecule is CN(c1nccc2ccc(O)cc12)C1COCC1C(=O)O. The van der Waals surface area contributed by atoms with E-state index in [0.29, 0.717) is 12.4 Å². The van der Waals surface area contributed by atoms with E-state index in [1.165, 1.54) is 0 Å². The Bertz CT molecular complexity index is 688. The summed E-state index contributed by atoms with van der Waals surface area (Å²) in [6, 6.07) is 6.64. The van der Waals surface area contributed by atoms with Gasteiger partial charge >= 0.3 is 5.97 Å². The third-order valence-electron chi connectivity index (χ3n) is 3.93. The van der Waals surface area contributed by atoms with Gasteiger partial charge in [0.2, 0.25) is 0 Å². The van der Waals surface area contributed by atoms with Crippen LogP contribution in [0.3, 0.4) is 0 Å². The molecule has 2 aromatic rings. The number of ether oxygens (including phenoxy) is 1. The molecule has 21 heavy (non-hydrogen) atoms. The molecule has 0 spiro atoms. The fourth-order valence-electron chi connectivity index (χ4n) is 2.74. The van der Waals surface area contributed by atoms with Crippen molar-refractivity contribution in [3.8, 4) is 5.75 Å². The molecule has 6 heteroatoms. The van der Waals surface area contributed by atoms with Crippen LogP contribution >= 0.6 is 0 Å². The van der Waals surface area contributed by atoms with Gasteiger partial charge in [-0.1, -0.05) is 6.07 Å². The molecule has 1 aromatic carbocycles. The summed E-state index contributed by atoms with van der Waals surface area (Å²) in [5.74, 6) is -0.649. The zero-order chi connectivity index (χ0) is 15.0. The van der Waals surface area contributed by atoms with Gasteiger partial charge in [-0.25, -0.2) is 4.98 Å². The van der Waals surface area contributed by atoms with E-state index >= 15 is 0 Å². The predicted octanol–water partition coefficient (Wildman–Crippen LogP) is 1.48. The van der Waals surface area contributed by atoms with Gasteiger partial charge in [-0.05, 0) is 23.6 Å². The van der Waals surface area contributed by atoms with Crippen LogP contribution < -0.4 is 4.90 Å². The molecule has 2 atom stereocenters. The Morgan fingerprint density at radius 3 is 2.95 bits per heavy atom. The summed E-state index contributed by atoms with van der Waals surface area (Å²) >= 11 is 0. The largest absolute Gasteiger partial charge is 0.508 e. The van der Waals surface area contributed by atoms with Crippen molar-refractivity contribution in [1.82, 2.24) is 4.98 Å².